The fourth-order valence-electron chi connectivity index (χ4n) is 3.25. The van der Waals surface area contributed by atoms with Gasteiger partial charge in [-0.3, -0.25) is 9.59 Å². The Labute approximate surface area is 178 Å². The van der Waals surface area contributed by atoms with Crippen molar-refractivity contribution in [3.63, 3.8) is 0 Å². The number of aryl methyl sites for hydroxylation is 1. The summed E-state index contributed by atoms with van der Waals surface area (Å²) >= 11 is 0. The van der Waals surface area contributed by atoms with Crippen molar-refractivity contribution in [3.8, 4) is 0 Å². The van der Waals surface area contributed by atoms with Gasteiger partial charge in [-0.15, -0.1) is 0 Å². The molecule has 0 bridgehead atoms. The summed E-state index contributed by atoms with van der Waals surface area (Å²) in [6.45, 7) is -0.582. The lowest BCUT2D eigenvalue weighted by Gasteiger charge is -2.37. The van der Waals surface area contributed by atoms with Gasteiger partial charge in [0.1, 0.15) is 17.7 Å². The van der Waals surface area contributed by atoms with Crippen molar-refractivity contribution in [2.24, 2.45) is 0 Å². The Morgan fingerprint density at radius 2 is 1.78 bits per heavy atom. The molecule has 2 aromatic carbocycles. The minimum Gasteiger partial charge on any atom is -0.387 e. The van der Waals surface area contributed by atoms with Gasteiger partial charge >= 0.3 is 5.92 Å². The Balaban J connectivity index is 1.85. The van der Waals surface area contributed by atoms with Crippen LogP contribution in [0.3, 0.4) is 0 Å². The molecule has 5 nitrogen and oxygen atoms in total. The summed E-state index contributed by atoms with van der Waals surface area (Å²) in [6.07, 6.45) is -2.71. The lowest BCUT2D eigenvalue weighted by molar-refractivity contribution is -0.183. The molecule has 1 unspecified atom stereocenters. The van der Waals surface area contributed by atoms with Crippen molar-refractivity contribution < 1.29 is 41.0 Å². The van der Waals surface area contributed by atoms with E-state index in [1.165, 1.54) is 19.1 Å². The molecule has 1 heterocycles. The molecule has 0 aromatic heterocycles. The number of hydrogen-bond acceptors (Lipinski definition) is 3. The van der Waals surface area contributed by atoms with Crippen LogP contribution in [0.1, 0.15) is 27.9 Å². The molecule has 1 saturated heterocycles. The molecular formula is C21H18F6N2O3. The lowest BCUT2D eigenvalue weighted by Crippen LogP contribution is -2.56. The molecule has 32 heavy (non-hydrogen) atoms. The smallest absolute Gasteiger partial charge is 0.352 e. The molecule has 172 valence electrons. The first-order valence-electron chi connectivity index (χ1n) is 9.43. The summed E-state index contributed by atoms with van der Waals surface area (Å²) in [7, 11) is 0. The number of hydrogen-bond donors (Lipinski definition) is 2. The van der Waals surface area contributed by atoms with Crippen molar-refractivity contribution in [1.82, 2.24) is 4.90 Å². The van der Waals surface area contributed by atoms with Crippen LogP contribution in [0, 0.1) is 18.6 Å². The number of amides is 2. The number of alkyl halides is 4. The van der Waals surface area contributed by atoms with E-state index in [9.17, 15) is 41.0 Å². The molecule has 1 atom stereocenters. The zero-order valence-corrected chi connectivity index (χ0v) is 16.6. The van der Waals surface area contributed by atoms with Gasteiger partial charge in [-0.05, 0) is 55.3 Å². The third-order valence-electron chi connectivity index (χ3n) is 5.10. The van der Waals surface area contributed by atoms with Crippen LogP contribution >= 0.6 is 0 Å². The molecule has 0 aliphatic carbocycles. The second-order valence-corrected chi connectivity index (χ2v) is 7.48. The minimum atomic E-state index is -4.55. The molecule has 2 aromatic rings. The zero-order chi connectivity index (χ0) is 23.8. The predicted molar refractivity (Wildman–Crippen MR) is 102 cm³/mol. The maximum Gasteiger partial charge on any atom is 0.352 e. The number of nitrogens with one attached hydrogen (secondary N) is 1. The molecule has 2 amide bonds. The summed E-state index contributed by atoms with van der Waals surface area (Å²) in [6, 6.07) is 5.51. The van der Waals surface area contributed by atoms with Crippen molar-refractivity contribution in [1.29, 1.82) is 0 Å². The number of rotatable bonds is 4. The van der Waals surface area contributed by atoms with Gasteiger partial charge in [0.2, 0.25) is 0 Å². The number of piperidine rings is 1. The topological polar surface area (TPSA) is 69.6 Å². The molecule has 3 rings (SSSR count). The van der Waals surface area contributed by atoms with E-state index in [0.717, 1.165) is 12.1 Å². The first-order valence-corrected chi connectivity index (χ1v) is 9.43. The van der Waals surface area contributed by atoms with E-state index < -0.39 is 72.0 Å². The van der Waals surface area contributed by atoms with Gasteiger partial charge in [0.25, 0.3) is 17.7 Å². The summed E-state index contributed by atoms with van der Waals surface area (Å²) < 4.78 is 84.5. The minimum absolute atomic E-state index is 0.150. The average Bonchev–Trinajstić information content (AvgIpc) is 2.72. The van der Waals surface area contributed by atoms with Crippen LogP contribution in [0.15, 0.2) is 36.4 Å². The SMILES string of the molecule is Cc1cc(NC(=O)c2ccc(F)c(C(F)(F)C(=O)N3CCC(O)C(F)(F)C3)c2)ccc1F. The molecule has 2 N–H and O–H groups in total. The molecule has 1 aliphatic heterocycles. The predicted octanol–water partition coefficient (Wildman–Crippen LogP) is 3.85. The third kappa shape index (κ3) is 4.57. The highest BCUT2D eigenvalue weighted by Gasteiger charge is 2.52. The largest absolute Gasteiger partial charge is 0.387 e. The molecule has 0 radical (unpaired) electrons. The summed E-state index contributed by atoms with van der Waals surface area (Å²) in [5.41, 5.74) is -1.53. The Kier molecular flexibility index (Phi) is 6.23. The maximum absolute atomic E-state index is 14.8. The third-order valence-corrected chi connectivity index (χ3v) is 5.10. The van der Waals surface area contributed by atoms with E-state index in [0.29, 0.717) is 12.1 Å². The van der Waals surface area contributed by atoms with Gasteiger partial charge in [0.05, 0.1) is 12.1 Å². The number of aliphatic hydroxyl groups is 1. The van der Waals surface area contributed by atoms with Gasteiger partial charge in [-0.2, -0.15) is 8.78 Å². The van der Waals surface area contributed by atoms with Gasteiger partial charge in [-0.1, -0.05) is 0 Å². The van der Waals surface area contributed by atoms with Gasteiger partial charge in [0, 0.05) is 17.8 Å². The average molecular weight is 460 g/mol. The van der Waals surface area contributed by atoms with Crippen LogP contribution in [0.25, 0.3) is 0 Å². The number of benzene rings is 2. The molecule has 11 heteroatoms. The highest BCUT2D eigenvalue weighted by Crippen LogP contribution is 2.36. The van der Waals surface area contributed by atoms with E-state index in [4.69, 9.17) is 0 Å². The Morgan fingerprint density at radius 1 is 1.12 bits per heavy atom. The number of carbonyl (C=O) groups is 2. The number of nitrogens with zero attached hydrogens (tertiary/aromatic N) is 1. The fraction of sp³-hybridized carbons (Fsp3) is 0.333. The molecule has 1 fully saturated rings. The molecule has 0 saturated carbocycles. The summed E-state index contributed by atoms with van der Waals surface area (Å²) in [5, 5.41) is 11.6. The first kappa shape index (κ1) is 23.6. The number of aliphatic hydroxyl groups excluding tert-OH is 1. The van der Waals surface area contributed by atoms with Crippen LogP contribution in [-0.2, 0) is 10.7 Å². The molecule has 0 spiro atoms. The lowest BCUT2D eigenvalue weighted by atomic mass is 9.99. The molecular weight excluding hydrogens is 442 g/mol. The number of likely N-dealkylation sites (tertiary alicyclic amines) is 1. The van der Waals surface area contributed by atoms with Gasteiger partial charge in [-0.25, -0.2) is 17.6 Å². The molecule has 1 aliphatic rings. The number of anilines is 1. The van der Waals surface area contributed by atoms with Crippen molar-refractivity contribution >= 4 is 17.5 Å². The summed E-state index contributed by atoms with van der Waals surface area (Å²) in [4.78, 5) is 24.8. The fourth-order valence-corrected chi connectivity index (χ4v) is 3.25. The van der Waals surface area contributed by atoms with Crippen LogP contribution in [-0.4, -0.2) is 46.9 Å². The Hall–Kier alpha value is -3.08. The quantitative estimate of drug-likeness (QED) is 0.682. The second-order valence-electron chi connectivity index (χ2n) is 7.48. The Bertz CT molecular complexity index is 1060. The van der Waals surface area contributed by atoms with Gasteiger partial charge in [0.15, 0.2) is 0 Å². The van der Waals surface area contributed by atoms with E-state index in [1.54, 1.807) is 0 Å². The highest BCUT2D eigenvalue weighted by atomic mass is 19.3. The monoisotopic (exact) mass is 460 g/mol. The number of carbonyl (C=O) groups excluding carboxylic acids is 2. The first-order chi connectivity index (χ1) is 14.8. The number of halogens is 6. The van der Waals surface area contributed by atoms with E-state index >= 15 is 0 Å². The highest BCUT2D eigenvalue weighted by molar-refractivity contribution is 6.04. The van der Waals surface area contributed by atoms with Gasteiger partial charge < -0.3 is 15.3 Å². The maximum atomic E-state index is 14.8. The zero-order valence-electron chi connectivity index (χ0n) is 16.6. The van der Waals surface area contributed by atoms with Crippen molar-refractivity contribution in [3.05, 3.63) is 64.7 Å². The summed E-state index contributed by atoms with van der Waals surface area (Å²) in [5.74, 6) is -13.4. The van der Waals surface area contributed by atoms with Crippen LogP contribution in [0.2, 0.25) is 0 Å². The van der Waals surface area contributed by atoms with E-state index in [2.05, 4.69) is 5.32 Å². The Morgan fingerprint density at radius 3 is 2.41 bits per heavy atom. The van der Waals surface area contributed by atoms with Crippen LogP contribution < -0.4 is 5.32 Å². The van der Waals surface area contributed by atoms with Crippen LogP contribution in [0.4, 0.5) is 32.0 Å². The normalized spacial score (nSPS) is 18.4. The standard InChI is InChI=1S/C21H18F6N2O3/c1-11-8-13(3-5-15(11)22)28-18(31)12-2-4-16(23)14(9-12)21(26,27)19(32)29-7-6-17(30)20(24,25)10-29/h2-5,8-9,17,30H,6-7,10H2,1H3,(H,28,31). The van der Waals surface area contributed by atoms with E-state index in [-0.39, 0.29) is 16.2 Å². The van der Waals surface area contributed by atoms with E-state index in [1.807, 2.05) is 0 Å². The second kappa shape index (κ2) is 8.45. The van der Waals surface area contributed by atoms with Crippen molar-refractivity contribution in [2.45, 2.75) is 31.3 Å². The van der Waals surface area contributed by atoms with Crippen LogP contribution in [0.5, 0.6) is 0 Å². The van der Waals surface area contributed by atoms with Crippen molar-refractivity contribution in [2.75, 3.05) is 18.4 Å².